The molecule has 178 valence electrons. The minimum absolute atomic E-state index is 0.0990. The summed E-state index contributed by atoms with van der Waals surface area (Å²) in [5, 5.41) is 16.4. The smallest absolute Gasteiger partial charge is 0.395 e. The van der Waals surface area contributed by atoms with Crippen LogP contribution in [0.25, 0.3) is 22.1 Å². The first-order valence-electron chi connectivity index (χ1n) is 10.8. The van der Waals surface area contributed by atoms with Gasteiger partial charge in [0.1, 0.15) is 0 Å². The van der Waals surface area contributed by atoms with Gasteiger partial charge < -0.3 is 20.3 Å². The first-order chi connectivity index (χ1) is 16.9. The Morgan fingerprint density at radius 2 is 1.80 bits per heavy atom. The average Bonchev–Trinajstić information content (AvgIpc) is 3.25. The molecule has 8 nitrogen and oxygen atoms in total. The van der Waals surface area contributed by atoms with Crippen molar-refractivity contribution in [3.05, 3.63) is 78.2 Å². The molecule has 3 N–H and O–H groups in total. The van der Waals surface area contributed by atoms with Crippen molar-refractivity contribution in [2.45, 2.75) is 12.7 Å². The van der Waals surface area contributed by atoms with Crippen molar-refractivity contribution in [3.8, 4) is 0 Å². The van der Waals surface area contributed by atoms with Crippen LogP contribution >= 0.6 is 0 Å². The zero-order valence-corrected chi connectivity index (χ0v) is 18.3. The predicted octanol–water partition coefficient (Wildman–Crippen LogP) is 4.59. The number of benzene rings is 2. The van der Waals surface area contributed by atoms with Gasteiger partial charge in [-0.15, -0.1) is 0 Å². The van der Waals surface area contributed by atoms with Crippen molar-refractivity contribution in [3.63, 3.8) is 0 Å². The fourth-order valence-corrected chi connectivity index (χ4v) is 3.69. The molecule has 0 fully saturated rings. The zero-order chi connectivity index (χ0) is 24.4. The van der Waals surface area contributed by atoms with Gasteiger partial charge in [-0.1, -0.05) is 18.2 Å². The van der Waals surface area contributed by atoms with Gasteiger partial charge >= 0.3 is 6.18 Å². The Morgan fingerprint density at radius 3 is 2.57 bits per heavy atom. The van der Waals surface area contributed by atoms with Gasteiger partial charge in [-0.25, -0.2) is 4.98 Å². The molecule has 0 atom stereocenters. The van der Waals surface area contributed by atoms with Gasteiger partial charge in [0.25, 0.3) is 0 Å². The third-order valence-corrected chi connectivity index (χ3v) is 5.36. The second kappa shape index (κ2) is 9.18. The monoisotopic (exact) mass is 479 g/mol. The summed E-state index contributed by atoms with van der Waals surface area (Å²) in [4.78, 5) is 17.8. The maximum Gasteiger partial charge on any atom is 0.416 e. The number of anilines is 3. The Kier molecular flexibility index (Phi) is 5.91. The lowest BCUT2D eigenvalue weighted by Crippen LogP contribution is -2.10. The van der Waals surface area contributed by atoms with E-state index in [-0.39, 0.29) is 19.7 Å². The molecule has 5 rings (SSSR count). The van der Waals surface area contributed by atoms with Gasteiger partial charge in [0, 0.05) is 23.8 Å². The molecule has 0 spiro atoms. The molecule has 2 aromatic carbocycles. The van der Waals surface area contributed by atoms with Crippen molar-refractivity contribution in [1.29, 1.82) is 0 Å². The van der Waals surface area contributed by atoms with Crippen LogP contribution in [-0.4, -0.2) is 42.8 Å². The van der Waals surface area contributed by atoms with E-state index in [4.69, 9.17) is 0 Å². The number of hydrogen-bond acceptors (Lipinski definition) is 7. The van der Waals surface area contributed by atoms with E-state index in [0.29, 0.717) is 28.5 Å². The first-order valence-corrected chi connectivity index (χ1v) is 10.8. The lowest BCUT2D eigenvalue weighted by molar-refractivity contribution is -0.137. The molecule has 11 heteroatoms. The Morgan fingerprint density at radius 1 is 0.971 bits per heavy atom. The number of rotatable bonds is 7. The van der Waals surface area contributed by atoms with Gasteiger partial charge in [-0.2, -0.15) is 23.1 Å². The van der Waals surface area contributed by atoms with E-state index in [1.807, 2.05) is 30.3 Å². The van der Waals surface area contributed by atoms with Crippen LogP contribution in [0.4, 0.5) is 30.6 Å². The number of alkyl halides is 3. The molecule has 0 radical (unpaired) electrons. The highest BCUT2D eigenvalue weighted by Crippen LogP contribution is 2.30. The van der Waals surface area contributed by atoms with Crippen molar-refractivity contribution in [2.24, 2.45) is 0 Å². The quantitative estimate of drug-likeness (QED) is 0.314. The maximum absolute atomic E-state index is 12.9. The molecule has 0 saturated carbocycles. The molecule has 3 aromatic heterocycles. The molecule has 0 unspecified atom stereocenters. The third-order valence-electron chi connectivity index (χ3n) is 5.36. The Hall–Kier alpha value is -4.25. The fourth-order valence-electron chi connectivity index (χ4n) is 3.69. The summed E-state index contributed by atoms with van der Waals surface area (Å²) in [5.41, 5.74) is 2.55. The Bertz CT molecular complexity index is 1480. The van der Waals surface area contributed by atoms with Crippen LogP contribution in [0.15, 0.2) is 67.1 Å². The summed E-state index contributed by atoms with van der Waals surface area (Å²) < 4.78 is 40.4. The lowest BCUT2D eigenvalue weighted by atomic mass is 10.1. The third kappa shape index (κ3) is 4.85. The maximum atomic E-state index is 12.9. The van der Waals surface area contributed by atoms with Gasteiger partial charge in [0.2, 0.25) is 5.95 Å². The molecule has 0 aliphatic carbocycles. The van der Waals surface area contributed by atoms with E-state index in [1.54, 1.807) is 17.1 Å². The number of imidazole rings is 1. The molecule has 0 aliphatic rings. The van der Waals surface area contributed by atoms with Crippen LogP contribution in [0.2, 0.25) is 0 Å². The van der Waals surface area contributed by atoms with E-state index < -0.39 is 11.7 Å². The van der Waals surface area contributed by atoms with Gasteiger partial charge in [0.05, 0.1) is 30.6 Å². The summed E-state index contributed by atoms with van der Waals surface area (Å²) in [6, 6.07) is 14.5. The molecule has 0 saturated heterocycles. The molecule has 5 aromatic rings. The van der Waals surface area contributed by atoms with Crippen molar-refractivity contribution < 1.29 is 18.3 Å². The largest absolute Gasteiger partial charge is 0.416 e. The number of fused-ring (bicyclic) bond motifs is 2. The molecule has 0 amide bonds. The summed E-state index contributed by atoms with van der Waals surface area (Å²) in [7, 11) is 0. The second-order valence-electron chi connectivity index (χ2n) is 7.82. The van der Waals surface area contributed by atoms with Crippen molar-refractivity contribution >= 4 is 39.5 Å². The number of aliphatic hydroxyl groups excluding tert-OH is 1. The molecule has 0 bridgehead atoms. The Labute approximate surface area is 197 Å². The van der Waals surface area contributed by atoms with E-state index in [1.165, 1.54) is 12.1 Å². The number of nitrogens with zero attached hydrogens (tertiary/aromatic N) is 5. The molecule has 35 heavy (non-hydrogen) atoms. The van der Waals surface area contributed by atoms with Crippen molar-refractivity contribution in [1.82, 2.24) is 24.5 Å². The molecular weight excluding hydrogens is 459 g/mol. The van der Waals surface area contributed by atoms with Crippen LogP contribution in [-0.2, 0) is 12.7 Å². The standard InChI is InChI=1S/C24H20F3N7O/c25-24(26,27)17-5-3-15(4-6-17)13-34-14-30-20-21(29-10-11-35)32-23(33-22(20)34)31-18-7-8-19-16(12-18)2-1-9-28-19/h1-9,12,14,35H,10-11,13H2,(H2,29,31,32,33). The zero-order valence-electron chi connectivity index (χ0n) is 18.3. The van der Waals surface area contributed by atoms with Crippen LogP contribution in [0, 0.1) is 0 Å². The first kappa shape index (κ1) is 22.5. The average molecular weight is 479 g/mol. The van der Waals surface area contributed by atoms with E-state index in [0.717, 1.165) is 28.7 Å². The lowest BCUT2D eigenvalue weighted by Gasteiger charge is -2.11. The number of aromatic nitrogens is 5. The fraction of sp³-hybridized carbons (Fsp3) is 0.167. The molecule has 0 aliphatic heterocycles. The number of pyridine rings is 1. The normalized spacial score (nSPS) is 11.8. The minimum Gasteiger partial charge on any atom is -0.395 e. The highest BCUT2D eigenvalue weighted by Gasteiger charge is 2.30. The number of aliphatic hydroxyl groups is 1. The molecular formula is C24H20F3N7O. The number of nitrogens with one attached hydrogen (secondary N) is 2. The van der Waals surface area contributed by atoms with Crippen LogP contribution < -0.4 is 10.6 Å². The number of hydrogen-bond donors (Lipinski definition) is 3. The summed E-state index contributed by atoms with van der Waals surface area (Å²) >= 11 is 0. The predicted molar refractivity (Wildman–Crippen MR) is 126 cm³/mol. The molecule has 3 heterocycles. The van der Waals surface area contributed by atoms with Crippen LogP contribution in [0.1, 0.15) is 11.1 Å². The Balaban J connectivity index is 1.49. The van der Waals surface area contributed by atoms with Crippen LogP contribution in [0.5, 0.6) is 0 Å². The summed E-state index contributed by atoms with van der Waals surface area (Å²) in [5.74, 6) is 0.732. The summed E-state index contributed by atoms with van der Waals surface area (Å²) in [6.45, 7) is 0.434. The van der Waals surface area contributed by atoms with E-state index in [9.17, 15) is 18.3 Å². The van der Waals surface area contributed by atoms with Gasteiger partial charge in [0.15, 0.2) is 17.0 Å². The highest BCUT2D eigenvalue weighted by atomic mass is 19.4. The van der Waals surface area contributed by atoms with Crippen LogP contribution in [0.3, 0.4) is 0 Å². The van der Waals surface area contributed by atoms with Gasteiger partial charge in [-0.3, -0.25) is 4.98 Å². The topological polar surface area (TPSA) is 101 Å². The minimum atomic E-state index is -4.39. The van der Waals surface area contributed by atoms with E-state index >= 15 is 0 Å². The van der Waals surface area contributed by atoms with Crippen molar-refractivity contribution in [2.75, 3.05) is 23.8 Å². The van der Waals surface area contributed by atoms with Gasteiger partial charge in [-0.05, 0) is 42.0 Å². The van der Waals surface area contributed by atoms with E-state index in [2.05, 4.69) is 30.6 Å². The number of halogens is 3. The second-order valence-corrected chi connectivity index (χ2v) is 7.82. The SMILES string of the molecule is OCCNc1nc(Nc2ccc3ncccc3c2)nc2c1ncn2Cc1ccc(C(F)(F)F)cc1. The highest BCUT2D eigenvalue weighted by molar-refractivity contribution is 5.86. The summed E-state index contributed by atoms with van der Waals surface area (Å²) in [6.07, 6.45) is -1.10.